The fraction of sp³-hybridized carbons (Fsp3) is 0.429. The Bertz CT molecular complexity index is 920. The van der Waals surface area contributed by atoms with Crippen LogP contribution in [0.25, 0.3) is 11.5 Å². The molecule has 0 spiro atoms. The first-order valence-electron chi connectivity index (χ1n) is 9.75. The fourth-order valence-corrected chi connectivity index (χ4v) is 3.89. The second-order valence-corrected chi connectivity index (χ2v) is 7.99. The number of ether oxygens (including phenoxy) is 1. The standard InChI is InChI=1S/C21H27N5O2S/c1-5-26-20(18-12-17(28-4)10-11-22-18)24-25-21(26)29-13-19(27)23-16-8-6-15(7-9-16)14(2)3/h6-8,10-12,14,16H,5,9,13H2,1-4H3,(H,23,27). The van der Waals surface area contributed by atoms with E-state index in [0.29, 0.717) is 34.9 Å². The Morgan fingerprint density at radius 2 is 2.24 bits per heavy atom. The van der Waals surface area contributed by atoms with Crippen LogP contribution in [-0.4, -0.2) is 44.6 Å². The maximum atomic E-state index is 12.4. The van der Waals surface area contributed by atoms with Crippen molar-refractivity contribution >= 4 is 17.7 Å². The van der Waals surface area contributed by atoms with Gasteiger partial charge in [0, 0.05) is 18.8 Å². The van der Waals surface area contributed by atoms with E-state index in [-0.39, 0.29) is 17.7 Å². The van der Waals surface area contributed by atoms with Gasteiger partial charge in [-0.05, 0) is 30.9 Å². The molecule has 7 nitrogen and oxygen atoms in total. The number of pyridine rings is 1. The monoisotopic (exact) mass is 413 g/mol. The van der Waals surface area contributed by atoms with Crippen LogP contribution in [0.4, 0.5) is 0 Å². The van der Waals surface area contributed by atoms with Gasteiger partial charge in [-0.3, -0.25) is 9.78 Å². The molecule has 0 saturated carbocycles. The van der Waals surface area contributed by atoms with Crippen LogP contribution in [0.5, 0.6) is 5.75 Å². The maximum Gasteiger partial charge on any atom is 0.230 e. The summed E-state index contributed by atoms with van der Waals surface area (Å²) in [6.45, 7) is 7.04. The van der Waals surface area contributed by atoms with Gasteiger partial charge in [-0.2, -0.15) is 0 Å². The lowest BCUT2D eigenvalue weighted by Gasteiger charge is -2.19. The maximum absolute atomic E-state index is 12.4. The summed E-state index contributed by atoms with van der Waals surface area (Å²) in [6.07, 6.45) is 8.88. The van der Waals surface area contributed by atoms with E-state index in [2.05, 4.69) is 52.6 Å². The van der Waals surface area contributed by atoms with Gasteiger partial charge in [0.25, 0.3) is 0 Å². The van der Waals surface area contributed by atoms with Crippen molar-refractivity contribution in [3.8, 4) is 17.3 Å². The third kappa shape index (κ3) is 5.26. The third-order valence-electron chi connectivity index (χ3n) is 4.70. The van der Waals surface area contributed by atoms with Crippen molar-refractivity contribution < 1.29 is 9.53 Å². The van der Waals surface area contributed by atoms with Crippen LogP contribution < -0.4 is 10.1 Å². The van der Waals surface area contributed by atoms with Gasteiger partial charge in [0.1, 0.15) is 11.4 Å². The van der Waals surface area contributed by atoms with Gasteiger partial charge in [-0.1, -0.05) is 43.8 Å². The molecular weight excluding hydrogens is 386 g/mol. The van der Waals surface area contributed by atoms with Gasteiger partial charge in [0.05, 0.1) is 18.9 Å². The van der Waals surface area contributed by atoms with Crippen molar-refractivity contribution in [1.82, 2.24) is 25.1 Å². The number of hydrogen-bond acceptors (Lipinski definition) is 6. The number of methoxy groups -OCH3 is 1. The van der Waals surface area contributed by atoms with Crippen LogP contribution in [0.2, 0.25) is 0 Å². The highest BCUT2D eigenvalue weighted by atomic mass is 32.2. The van der Waals surface area contributed by atoms with Gasteiger partial charge in [-0.25, -0.2) is 0 Å². The highest BCUT2D eigenvalue weighted by Gasteiger charge is 2.17. The summed E-state index contributed by atoms with van der Waals surface area (Å²) in [5.41, 5.74) is 2.01. The lowest BCUT2D eigenvalue weighted by Crippen LogP contribution is -2.35. The second kappa shape index (κ2) is 9.73. The first kappa shape index (κ1) is 21.1. The quantitative estimate of drug-likeness (QED) is 0.667. The molecule has 0 radical (unpaired) electrons. The fourth-order valence-electron chi connectivity index (χ4n) is 3.08. The number of aromatic nitrogens is 4. The highest BCUT2D eigenvalue weighted by Crippen LogP contribution is 2.25. The molecule has 0 aliphatic heterocycles. The molecule has 2 heterocycles. The predicted molar refractivity (Wildman–Crippen MR) is 115 cm³/mol. The van der Waals surface area contributed by atoms with Gasteiger partial charge in [0.15, 0.2) is 11.0 Å². The lowest BCUT2D eigenvalue weighted by molar-refractivity contribution is -0.118. The summed E-state index contributed by atoms with van der Waals surface area (Å²) < 4.78 is 7.22. The molecule has 0 aromatic carbocycles. The molecule has 1 N–H and O–H groups in total. The zero-order valence-corrected chi connectivity index (χ0v) is 18.1. The van der Waals surface area contributed by atoms with Gasteiger partial charge in [-0.15, -0.1) is 10.2 Å². The van der Waals surface area contributed by atoms with Crippen molar-refractivity contribution in [2.45, 2.75) is 44.9 Å². The Morgan fingerprint density at radius 3 is 2.90 bits per heavy atom. The molecule has 1 aliphatic carbocycles. The molecule has 1 unspecified atom stereocenters. The van der Waals surface area contributed by atoms with Crippen LogP contribution in [0, 0.1) is 5.92 Å². The summed E-state index contributed by atoms with van der Waals surface area (Å²) in [7, 11) is 1.62. The van der Waals surface area contributed by atoms with Crippen LogP contribution in [0.1, 0.15) is 27.2 Å². The SMILES string of the molecule is CCn1c(SCC(=O)NC2C=CC(C(C)C)=CC2)nnc1-c1cc(OC)ccn1. The van der Waals surface area contributed by atoms with E-state index in [9.17, 15) is 4.79 Å². The van der Waals surface area contributed by atoms with E-state index in [0.717, 1.165) is 6.42 Å². The number of thioether (sulfide) groups is 1. The van der Waals surface area contributed by atoms with Gasteiger partial charge in [0.2, 0.25) is 5.91 Å². The number of rotatable bonds is 8. The van der Waals surface area contributed by atoms with E-state index in [1.165, 1.54) is 17.3 Å². The van der Waals surface area contributed by atoms with E-state index < -0.39 is 0 Å². The minimum atomic E-state index is -0.0160. The molecule has 0 bridgehead atoms. The molecule has 0 fully saturated rings. The lowest BCUT2D eigenvalue weighted by atomic mass is 9.95. The molecule has 8 heteroatoms. The van der Waals surface area contributed by atoms with E-state index in [1.54, 1.807) is 19.4 Å². The van der Waals surface area contributed by atoms with Crippen molar-refractivity contribution in [2.24, 2.45) is 5.92 Å². The van der Waals surface area contributed by atoms with Crippen LogP contribution >= 0.6 is 11.8 Å². The molecule has 1 amide bonds. The zero-order chi connectivity index (χ0) is 20.8. The molecule has 1 atom stereocenters. The number of carbonyl (C=O) groups excluding carboxylic acids is 1. The summed E-state index contributed by atoms with van der Waals surface area (Å²) in [6, 6.07) is 3.66. The largest absolute Gasteiger partial charge is 0.497 e. The summed E-state index contributed by atoms with van der Waals surface area (Å²) >= 11 is 1.38. The molecule has 0 saturated heterocycles. The highest BCUT2D eigenvalue weighted by molar-refractivity contribution is 7.99. The summed E-state index contributed by atoms with van der Waals surface area (Å²) in [5.74, 6) is 2.15. The van der Waals surface area contributed by atoms with Gasteiger partial charge >= 0.3 is 0 Å². The first-order valence-corrected chi connectivity index (χ1v) is 10.7. The average molecular weight is 414 g/mol. The minimum Gasteiger partial charge on any atom is -0.497 e. The van der Waals surface area contributed by atoms with Crippen molar-refractivity contribution in [3.05, 3.63) is 42.1 Å². The van der Waals surface area contributed by atoms with Crippen molar-refractivity contribution in [3.63, 3.8) is 0 Å². The van der Waals surface area contributed by atoms with Gasteiger partial charge < -0.3 is 14.6 Å². The summed E-state index contributed by atoms with van der Waals surface area (Å²) in [4.78, 5) is 16.8. The number of allylic oxidation sites excluding steroid dienone is 2. The molecule has 2 aromatic rings. The third-order valence-corrected chi connectivity index (χ3v) is 5.67. The molecule has 2 aromatic heterocycles. The number of nitrogens with zero attached hydrogens (tertiary/aromatic N) is 4. The van der Waals surface area contributed by atoms with E-state index >= 15 is 0 Å². The number of hydrogen-bond donors (Lipinski definition) is 1. The Hall–Kier alpha value is -2.61. The molecule has 1 aliphatic rings. The zero-order valence-electron chi connectivity index (χ0n) is 17.3. The molecule has 154 valence electrons. The Kier molecular flexibility index (Phi) is 7.09. The number of carbonyl (C=O) groups is 1. The molecular formula is C21H27N5O2S. The summed E-state index contributed by atoms with van der Waals surface area (Å²) in [5, 5.41) is 12.3. The average Bonchev–Trinajstić information content (AvgIpc) is 3.15. The second-order valence-electron chi connectivity index (χ2n) is 7.05. The van der Waals surface area contributed by atoms with E-state index in [4.69, 9.17) is 4.74 Å². The number of nitrogens with one attached hydrogen (secondary N) is 1. The normalized spacial score (nSPS) is 16.0. The minimum absolute atomic E-state index is 0.0160. The van der Waals surface area contributed by atoms with Crippen LogP contribution in [0.3, 0.4) is 0 Å². The first-order chi connectivity index (χ1) is 14.0. The Labute approximate surface area is 175 Å². The van der Waals surface area contributed by atoms with Crippen LogP contribution in [0.15, 0.2) is 47.3 Å². The van der Waals surface area contributed by atoms with Crippen molar-refractivity contribution in [2.75, 3.05) is 12.9 Å². The van der Waals surface area contributed by atoms with Crippen molar-refractivity contribution in [1.29, 1.82) is 0 Å². The Balaban J connectivity index is 1.60. The molecule has 3 rings (SSSR count). The number of amides is 1. The topological polar surface area (TPSA) is 81.9 Å². The van der Waals surface area contributed by atoms with E-state index in [1.807, 2.05) is 17.6 Å². The molecule has 29 heavy (non-hydrogen) atoms. The van der Waals surface area contributed by atoms with Crippen LogP contribution in [-0.2, 0) is 11.3 Å². The Morgan fingerprint density at radius 1 is 1.41 bits per heavy atom. The smallest absolute Gasteiger partial charge is 0.230 e. The predicted octanol–water partition coefficient (Wildman–Crippen LogP) is 3.49.